The first kappa shape index (κ1) is 9.21. The summed E-state index contributed by atoms with van der Waals surface area (Å²) in [6, 6.07) is 0. The first-order valence-electron chi connectivity index (χ1n) is 4.36. The Labute approximate surface area is 86.2 Å². The molecule has 0 fully saturated rings. The van der Waals surface area contributed by atoms with Gasteiger partial charge in [0, 0.05) is 12.4 Å². The van der Waals surface area contributed by atoms with Crippen molar-refractivity contribution < 1.29 is 0 Å². The molecule has 0 saturated heterocycles. The maximum atomic E-state index is 4.30. The molecule has 0 N–H and O–H groups in total. The van der Waals surface area contributed by atoms with Gasteiger partial charge in [0.2, 0.25) is 0 Å². The maximum absolute atomic E-state index is 4.30. The molecule has 4 nitrogen and oxygen atoms in total. The normalized spacial score (nSPS) is 10.8. The predicted octanol–water partition coefficient (Wildman–Crippen LogP) is 2.12. The van der Waals surface area contributed by atoms with Crippen molar-refractivity contribution in [3.63, 3.8) is 0 Å². The monoisotopic (exact) mass is 206 g/mol. The molecule has 0 aliphatic rings. The molecule has 0 radical (unpaired) electrons. The summed E-state index contributed by atoms with van der Waals surface area (Å²) in [6.07, 6.45) is 3.37. The van der Waals surface area contributed by atoms with E-state index in [-0.39, 0.29) is 0 Å². The van der Waals surface area contributed by atoms with E-state index in [1.807, 2.05) is 0 Å². The van der Waals surface area contributed by atoms with E-state index in [9.17, 15) is 0 Å². The molecule has 0 bridgehead atoms. The molecule has 14 heavy (non-hydrogen) atoms. The molecule has 0 aromatic carbocycles. The minimum absolute atomic E-state index is 0.335. The molecule has 0 unspecified atom stereocenters. The quantitative estimate of drug-likeness (QED) is 0.755. The summed E-state index contributed by atoms with van der Waals surface area (Å²) in [5.41, 5.74) is 3.45. The Bertz CT molecular complexity index is 411. The maximum Gasteiger partial charge on any atom is 0.193 e. The molecule has 0 aliphatic heterocycles. The van der Waals surface area contributed by atoms with E-state index in [0.29, 0.717) is 11.7 Å². The molecule has 0 aliphatic carbocycles. The fraction of sp³-hybridized carbons (Fsp3) is 0.333. The van der Waals surface area contributed by atoms with Gasteiger partial charge < -0.3 is 0 Å². The van der Waals surface area contributed by atoms with Gasteiger partial charge in [0.1, 0.15) is 11.2 Å². The van der Waals surface area contributed by atoms with Crippen molar-refractivity contribution in [2.75, 3.05) is 0 Å². The van der Waals surface area contributed by atoms with Gasteiger partial charge in [-0.15, -0.1) is 0 Å². The third-order valence-corrected chi connectivity index (χ3v) is 2.32. The third kappa shape index (κ3) is 1.63. The molecule has 5 heteroatoms. The van der Waals surface area contributed by atoms with Crippen molar-refractivity contribution in [3.05, 3.63) is 23.6 Å². The van der Waals surface area contributed by atoms with E-state index in [2.05, 4.69) is 33.2 Å². The zero-order valence-corrected chi connectivity index (χ0v) is 8.82. The minimum atomic E-state index is 0.335. The lowest BCUT2D eigenvalue weighted by Gasteiger charge is -2.06. The van der Waals surface area contributed by atoms with Crippen LogP contribution in [0.3, 0.4) is 0 Å². The minimum Gasteiger partial charge on any atom is -0.257 e. The van der Waals surface area contributed by atoms with Crippen molar-refractivity contribution in [3.8, 4) is 11.5 Å². The summed E-state index contributed by atoms with van der Waals surface area (Å²) in [5.74, 6) is 1.01. The van der Waals surface area contributed by atoms with Crippen molar-refractivity contribution >= 4 is 11.5 Å². The van der Waals surface area contributed by atoms with Gasteiger partial charge in [0.25, 0.3) is 0 Å². The van der Waals surface area contributed by atoms with E-state index in [0.717, 1.165) is 11.4 Å². The SMILES string of the molecule is CC(C)c1nccnc1-c1ncsn1. The first-order chi connectivity index (χ1) is 6.79. The summed E-state index contributed by atoms with van der Waals surface area (Å²) < 4.78 is 4.16. The second kappa shape index (κ2) is 3.79. The molecule has 0 atom stereocenters. The van der Waals surface area contributed by atoms with Gasteiger partial charge in [0.15, 0.2) is 5.82 Å². The van der Waals surface area contributed by atoms with Crippen LogP contribution in [0.2, 0.25) is 0 Å². The predicted molar refractivity (Wildman–Crippen MR) is 55.0 cm³/mol. The Morgan fingerprint density at radius 1 is 1.14 bits per heavy atom. The molecular formula is C9H10N4S. The lowest BCUT2D eigenvalue weighted by Crippen LogP contribution is -1.99. The molecule has 0 saturated carbocycles. The third-order valence-electron chi connectivity index (χ3n) is 1.85. The first-order valence-corrected chi connectivity index (χ1v) is 5.20. The molecule has 0 spiro atoms. The Kier molecular flexibility index (Phi) is 2.49. The topological polar surface area (TPSA) is 51.6 Å². The Morgan fingerprint density at radius 2 is 1.93 bits per heavy atom. The van der Waals surface area contributed by atoms with Crippen molar-refractivity contribution in [2.24, 2.45) is 0 Å². The number of hydrogen-bond acceptors (Lipinski definition) is 5. The van der Waals surface area contributed by atoms with Gasteiger partial charge in [-0.25, -0.2) is 9.97 Å². The van der Waals surface area contributed by atoms with Crippen LogP contribution in [0.5, 0.6) is 0 Å². The average Bonchev–Trinajstić information content (AvgIpc) is 2.70. The largest absolute Gasteiger partial charge is 0.257 e. The average molecular weight is 206 g/mol. The van der Waals surface area contributed by atoms with Gasteiger partial charge in [-0.05, 0) is 17.5 Å². The highest BCUT2D eigenvalue weighted by Gasteiger charge is 2.13. The Morgan fingerprint density at radius 3 is 2.57 bits per heavy atom. The van der Waals surface area contributed by atoms with Crippen molar-refractivity contribution in [1.82, 2.24) is 19.3 Å². The number of rotatable bonds is 2. The smallest absolute Gasteiger partial charge is 0.193 e. The summed E-state index contributed by atoms with van der Waals surface area (Å²) >= 11 is 1.33. The number of aromatic nitrogens is 4. The van der Waals surface area contributed by atoms with Crippen LogP contribution in [-0.4, -0.2) is 19.3 Å². The number of nitrogens with zero attached hydrogens (tertiary/aromatic N) is 4. The standard InChI is InChI=1S/C9H10N4S/c1-6(2)7-8(11-4-3-10-7)9-12-5-14-13-9/h3-6H,1-2H3. The highest BCUT2D eigenvalue weighted by molar-refractivity contribution is 7.03. The van der Waals surface area contributed by atoms with E-state index in [4.69, 9.17) is 0 Å². The van der Waals surface area contributed by atoms with Crippen LogP contribution in [0.25, 0.3) is 11.5 Å². The Balaban J connectivity index is 2.53. The van der Waals surface area contributed by atoms with Gasteiger partial charge in [-0.1, -0.05) is 13.8 Å². The summed E-state index contributed by atoms with van der Waals surface area (Å²) in [7, 11) is 0. The van der Waals surface area contributed by atoms with E-state index >= 15 is 0 Å². The van der Waals surface area contributed by atoms with E-state index < -0.39 is 0 Å². The van der Waals surface area contributed by atoms with E-state index in [1.165, 1.54) is 11.5 Å². The molecule has 72 valence electrons. The molecular weight excluding hydrogens is 196 g/mol. The fourth-order valence-electron chi connectivity index (χ4n) is 1.22. The van der Waals surface area contributed by atoms with Crippen molar-refractivity contribution in [1.29, 1.82) is 0 Å². The van der Waals surface area contributed by atoms with Crippen LogP contribution in [0.4, 0.5) is 0 Å². The van der Waals surface area contributed by atoms with Crippen LogP contribution in [-0.2, 0) is 0 Å². The van der Waals surface area contributed by atoms with Crippen molar-refractivity contribution in [2.45, 2.75) is 19.8 Å². The summed E-state index contributed by atoms with van der Waals surface area (Å²) in [6.45, 7) is 4.17. The molecule has 2 aromatic heterocycles. The van der Waals surface area contributed by atoms with Crippen LogP contribution >= 0.6 is 11.5 Å². The zero-order chi connectivity index (χ0) is 9.97. The lowest BCUT2D eigenvalue weighted by atomic mass is 10.1. The fourth-order valence-corrected chi connectivity index (χ4v) is 1.65. The highest BCUT2D eigenvalue weighted by atomic mass is 32.1. The van der Waals surface area contributed by atoms with Crippen LogP contribution in [0.15, 0.2) is 17.9 Å². The second-order valence-corrected chi connectivity index (χ2v) is 3.80. The molecule has 2 heterocycles. The van der Waals surface area contributed by atoms with Crippen LogP contribution < -0.4 is 0 Å². The summed E-state index contributed by atoms with van der Waals surface area (Å²) in [4.78, 5) is 12.7. The van der Waals surface area contributed by atoms with Gasteiger partial charge >= 0.3 is 0 Å². The van der Waals surface area contributed by atoms with Gasteiger partial charge in [0.05, 0.1) is 5.69 Å². The van der Waals surface area contributed by atoms with Crippen LogP contribution in [0, 0.1) is 0 Å². The van der Waals surface area contributed by atoms with Gasteiger partial charge in [-0.2, -0.15) is 4.37 Å². The van der Waals surface area contributed by atoms with Crippen LogP contribution in [0.1, 0.15) is 25.5 Å². The molecule has 0 amide bonds. The highest BCUT2D eigenvalue weighted by Crippen LogP contribution is 2.22. The molecule has 2 rings (SSSR count). The van der Waals surface area contributed by atoms with E-state index in [1.54, 1.807) is 17.9 Å². The number of hydrogen-bond donors (Lipinski definition) is 0. The van der Waals surface area contributed by atoms with Gasteiger partial charge in [-0.3, -0.25) is 4.98 Å². The second-order valence-electron chi connectivity index (χ2n) is 3.20. The Hall–Kier alpha value is -1.36. The molecule has 2 aromatic rings. The summed E-state index contributed by atoms with van der Waals surface area (Å²) in [5, 5.41) is 0. The lowest BCUT2D eigenvalue weighted by molar-refractivity contribution is 0.813. The zero-order valence-electron chi connectivity index (χ0n) is 8.01.